The first-order valence-corrected chi connectivity index (χ1v) is 12.4. The summed E-state index contributed by atoms with van der Waals surface area (Å²) in [5, 5.41) is 0.317. The van der Waals surface area contributed by atoms with Crippen LogP contribution in [0.1, 0.15) is 32.2 Å². The van der Waals surface area contributed by atoms with Gasteiger partial charge in [-0.15, -0.1) is 0 Å². The number of fused-ring (bicyclic) bond motifs is 1. The Balaban J connectivity index is 2.93. The summed E-state index contributed by atoms with van der Waals surface area (Å²) in [7, 11) is -1.39. The molecule has 1 unspecified atom stereocenters. The van der Waals surface area contributed by atoms with Crippen LogP contribution in [0.5, 0.6) is 0 Å². The molecule has 0 saturated heterocycles. The van der Waals surface area contributed by atoms with Crippen molar-refractivity contribution in [3.8, 4) is 0 Å². The monoisotopic (exact) mass is 515 g/mol. The van der Waals surface area contributed by atoms with E-state index in [4.69, 9.17) is 35.9 Å². The fourth-order valence-electron chi connectivity index (χ4n) is 3.32. The molecule has 0 fully saturated rings. The van der Waals surface area contributed by atoms with Gasteiger partial charge in [-0.1, -0.05) is 11.6 Å². The van der Waals surface area contributed by atoms with Gasteiger partial charge in [0.05, 0.1) is 41.8 Å². The highest BCUT2D eigenvalue weighted by Crippen LogP contribution is 2.50. The molecule has 0 amide bonds. The van der Waals surface area contributed by atoms with Crippen LogP contribution in [0.3, 0.4) is 0 Å². The van der Waals surface area contributed by atoms with Crippen LogP contribution < -0.4 is 5.73 Å². The maximum atomic E-state index is 13.0. The van der Waals surface area contributed by atoms with Crippen molar-refractivity contribution in [1.29, 1.82) is 0 Å². The molecule has 0 spiro atoms. The number of benzene rings is 1. The van der Waals surface area contributed by atoms with Gasteiger partial charge >= 0.3 is 19.5 Å². The number of hydrogen-bond donors (Lipinski definition) is 1. The summed E-state index contributed by atoms with van der Waals surface area (Å²) in [6.07, 6.45) is -0.453. The summed E-state index contributed by atoms with van der Waals surface area (Å²) in [4.78, 5) is 47.7. The van der Waals surface area contributed by atoms with Gasteiger partial charge in [0, 0.05) is 19.2 Å². The van der Waals surface area contributed by atoms with Gasteiger partial charge < -0.3 is 24.3 Å². The largest absolute Gasteiger partial charge is 0.465 e. The van der Waals surface area contributed by atoms with Gasteiger partial charge in [-0.3, -0.25) is 18.9 Å². The Morgan fingerprint density at radius 3 is 2.09 bits per heavy atom. The Morgan fingerprint density at radius 1 is 1.06 bits per heavy atom. The van der Waals surface area contributed by atoms with E-state index in [-0.39, 0.29) is 30.1 Å². The lowest BCUT2D eigenvalue weighted by atomic mass is 9.77. The molecule has 0 bridgehead atoms. The molecule has 1 atom stereocenters. The fraction of sp³-hybridized carbons (Fsp3) is 0.476. The molecule has 0 radical (unpaired) electrons. The van der Waals surface area contributed by atoms with Gasteiger partial charge in [0.2, 0.25) is 0 Å². The van der Waals surface area contributed by atoms with Crippen LogP contribution >= 0.6 is 19.2 Å². The summed E-state index contributed by atoms with van der Waals surface area (Å²) in [5.41, 5.74) is 4.35. The number of nitrogens with zero attached hydrogens (tertiary/aromatic N) is 2. The second-order valence-electron chi connectivity index (χ2n) is 7.15. The highest BCUT2D eigenvalue weighted by atomic mass is 35.5. The molecule has 0 saturated carbocycles. The number of esters is 2. The SMILES string of the molecule is CCOC(=O)C(C(=O)OCC)C(N)(C(C)=O)c1nc2cc(Cl)ccc2nc1CP(=O)(OC)OC. The van der Waals surface area contributed by atoms with Gasteiger partial charge in [-0.2, -0.15) is 0 Å². The Hall–Kier alpha value is -2.43. The molecule has 1 aromatic carbocycles. The van der Waals surface area contributed by atoms with Crippen molar-refractivity contribution in [2.24, 2.45) is 11.7 Å². The van der Waals surface area contributed by atoms with Gasteiger partial charge in [-0.25, -0.2) is 9.97 Å². The topological polar surface area (TPSA) is 157 Å². The van der Waals surface area contributed by atoms with Crippen molar-refractivity contribution in [3.05, 3.63) is 34.6 Å². The normalized spacial score (nSPS) is 13.5. The fourth-order valence-corrected chi connectivity index (χ4v) is 4.48. The molecule has 34 heavy (non-hydrogen) atoms. The first-order valence-electron chi connectivity index (χ1n) is 10.3. The first kappa shape index (κ1) is 27.8. The smallest absolute Gasteiger partial charge is 0.336 e. The van der Waals surface area contributed by atoms with Gasteiger partial charge in [0.1, 0.15) is 5.54 Å². The minimum Gasteiger partial charge on any atom is -0.465 e. The predicted octanol–water partition coefficient (Wildman–Crippen LogP) is 2.75. The first-order chi connectivity index (χ1) is 16.0. The van der Waals surface area contributed by atoms with Crippen LogP contribution in [0.25, 0.3) is 11.0 Å². The Labute approximate surface area is 201 Å². The number of rotatable bonds is 11. The molecular weight excluding hydrogens is 489 g/mol. The zero-order valence-corrected chi connectivity index (χ0v) is 21.1. The van der Waals surface area contributed by atoms with E-state index in [0.29, 0.717) is 10.5 Å². The van der Waals surface area contributed by atoms with Crippen LogP contribution in [-0.4, -0.2) is 55.1 Å². The Bertz CT molecular complexity index is 1120. The number of hydrogen-bond acceptors (Lipinski definition) is 11. The standard InChI is InChI=1S/C21H27ClN3O8P/c1-6-32-19(27)17(20(28)33-7-2)21(23,12(3)26)18-16(11-34(29,30-4)31-5)24-14-9-8-13(22)10-15(14)25-18/h8-10,17H,6-7,11,23H2,1-5H3. The van der Waals surface area contributed by atoms with Gasteiger partial charge in [0.25, 0.3) is 0 Å². The van der Waals surface area contributed by atoms with E-state index in [1.165, 1.54) is 34.1 Å². The summed E-state index contributed by atoms with van der Waals surface area (Å²) in [6.45, 7) is 3.98. The zero-order valence-electron chi connectivity index (χ0n) is 19.5. The number of ketones is 1. The molecule has 1 aromatic heterocycles. The lowest BCUT2D eigenvalue weighted by Crippen LogP contribution is -2.57. The van der Waals surface area contributed by atoms with Crippen LogP contribution in [0.15, 0.2) is 18.2 Å². The zero-order chi connectivity index (χ0) is 25.7. The predicted molar refractivity (Wildman–Crippen MR) is 123 cm³/mol. The Kier molecular flexibility index (Phi) is 9.27. The van der Waals surface area contributed by atoms with Crippen LogP contribution in [0.4, 0.5) is 0 Å². The highest BCUT2D eigenvalue weighted by molar-refractivity contribution is 7.52. The minimum absolute atomic E-state index is 0.0712. The third-order valence-electron chi connectivity index (χ3n) is 5.07. The number of carbonyl (C=O) groups excluding carboxylic acids is 3. The van der Waals surface area contributed by atoms with E-state index < -0.39 is 42.9 Å². The number of nitrogens with two attached hydrogens (primary N) is 1. The van der Waals surface area contributed by atoms with E-state index in [1.54, 1.807) is 12.1 Å². The van der Waals surface area contributed by atoms with E-state index >= 15 is 0 Å². The minimum atomic E-state index is -3.75. The van der Waals surface area contributed by atoms with E-state index in [0.717, 1.165) is 6.92 Å². The maximum Gasteiger partial charge on any atom is 0.336 e. The highest BCUT2D eigenvalue weighted by Gasteiger charge is 2.54. The van der Waals surface area contributed by atoms with Crippen molar-refractivity contribution in [2.75, 3.05) is 27.4 Å². The third kappa shape index (κ3) is 5.61. The average molecular weight is 516 g/mol. The molecule has 0 aliphatic heterocycles. The molecule has 0 aliphatic carbocycles. The molecule has 0 aliphatic rings. The second-order valence-corrected chi connectivity index (χ2v) is 9.85. The number of halogens is 1. The lowest BCUT2D eigenvalue weighted by molar-refractivity contribution is -0.167. The summed E-state index contributed by atoms with van der Waals surface area (Å²) in [6, 6.07) is 4.59. The summed E-state index contributed by atoms with van der Waals surface area (Å²) < 4.78 is 33.1. The average Bonchev–Trinajstić information content (AvgIpc) is 2.78. The quantitative estimate of drug-likeness (QED) is 0.266. The second kappa shape index (κ2) is 11.3. The maximum absolute atomic E-state index is 13.0. The molecule has 2 aromatic rings. The van der Waals surface area contributed by atoms with Crippen LogP contribution in [0.2, 0.25) is 5.02 Å². The third-order valence-corrected chi connectivity index (χ3v) is 7.11. The molecule has 2 rings (SSSR count). The molecule has 1 heterocycles. The van der Waals surface area contributed by atoms with Crippen molar-refractivity contribution in [3.63, 3.8) is 0 Å². The van der Waals surface area contributed by atoms with Crippen LogP contribution in [0, 0.1) is 5.92 Å². The van der Waals surface area contributed by atoms with Crippen molar-refractivity contribution in [1.82, 2.24) is 9.97 Å². The van der Waals surface area contributed by atoms with Crippen molar-refractivity contribution >= 4 is 48.0 Å². The number of ether oxygens (including phenoxy) is 2. The van der Waals surface area contributed by atoms with E-state index in [2.05, 4.69) is 9.97 Å². The molecule has 13 heteroatoms. The van der Waals surface area contributed by atoms with E-state index in [9.17, 15) is 18.9 Å². The lowest BCUT2D eigenvalue weighted by Gasteiger charge is -2.33. The van der Waals surface area contributed by atoms with E-state index in [1.807, 2.05) is 0 Å². The molecule has 2 N–H and O–H groups in total. The number of carbonyl (C=O) groups is 3. The summed E-state index contributed by atoms with van der Waals surface area (Å²) in [5.74, 6) is -4.89. The number of Topliss-reactive ketones (excluding diaryl/α,β-unsaturated/α-hetero) is 1. The summed E-state index contributed by atoms with van der Waals surface area (Å²) >= 11 is 6.09. The van der Waals surface area contributed by atoms with Crippen molar-refractivity contribution in [2.45, 2.75) is 32.5 Å². The van der Waals surface area contributed by atoms with Crippen LogP contribution in [-0.2, 0) is 49.2 Å². The molecule has 11 nitrogen and oxygen atoms in total. The van der Waals surface area contributed by atoms with Gasteiger partial charge in [0.15, 0.2) is 11.7 Å². The molecular formula is C21H27ClN3O8P. The van der Waals surface area contributed by atoms with Gasteiger partial charge in [-0.05, 0) is 39.0 Å². The number of aromatic nitrogens is 2. The van der Waals surface area contributed by atoms with Crippen molar-refractivity contribution < 1.29 is 37.5 Å². The Morgan fingerprint density at radius 2 is 1.62 bits per heavy atom. The molecule has 186 valence electrons.